The van der Waals surface area contributed by atoms with Gasteiger partial charge in [0.2, 0.25) is 0 Å². The van der Waals surface area contributed by atoms with E-state index in [2.05, 4.69) is 15.1 Å². The van der Waals surface area contributed by atoms with Gasteiger partial charge in [-0.2, -0.15) is 18.4 Å². The fourth-order valence-corrected chi connectivity index (χ4v) is 3.25. The van der Waals surface area contributed by atoms with Crippen LogP contribution in [-0.2, 0) is 10.0 Å². The highest BCUT2D eigenvalue weighted by molar-refractivity contribution is 7.89. The molecule has 0 radical (unpaired) electrons. The summed E-state index contributed by atoms with van der Waals surface area (Å²) >= 11 is 0. The lowest BCUT2D eigenvalue weighted by molar-refractivity contribution is 0.318. The van der Waals surface area contributed by atoms with Crippen molar-refractivity contribution in [3.8, 4) is 0 Å². The Labute approximate surface area is 160 Å². The summed E-state index contributed by atoms with van der Waals surface area (Å²) in [7, 11) is -3.82. The first kappa shape index (κ1) is 20.6. The van der Waals surface area contributed by atoms with Gasteiger partial charge in [0.05, 0.1) is 4.90 Å². The first-order chi connectivity index (χ1) is 12.9. The lowest BCUT2D eigenvalue weighted by Gasteiger charge is -2.11. The summed E-state index contributed by atoms with van der Waals surface area (Å²) in [5.41, 5.74) is 3.35. The Kier molecular flexibility index (Phi) is 7.12. The van der Waals surface area contributed by atoms with Crippen molar-refractivity contribution < 1.29 is 13.6 Å². The van der Waals surface area contributed by atoms with E-state index in [-0.39, 0.29) is 4.90 Å². The van der Waals surface area contributed by atoms with Crippen LogP contribution in [-0.4, -0.2) is 25.0 Å². The van der Waals surface area contributed by atoms with Gasteiger partial charge >= 0.3 is 0 Å². The van der Waals surface area contributed by atoms with E-state index in [1.165, 1.54) is 12.1 Å². The molecule has 0 fully saturated rings. The normalized spacial score (nSPS) is 12.9. The number of nitrogens with one attached hydrogen (secondary N) is 1. The van der Waals surface area contributed by atoms with Crippen LogP contribution in [0.5, 0.6) is 0 Å². The van der Waals surface area contributed by atoms with E-state index in [9.17, 15) is 13.6 Å². The molecule has 27 heavy (non-hydrogen) atoms. The molecule has 6 nitrogen and oxygen atoms in total. The Balaban J connectivity index is 2.39. The van der Waals surface area contributed by atoms with Crippen molar-refractivity contribution in [2.24, 2.45) is 10.3 Å². The Hall–Kier alpha value is -2.67. The molecule has 0 amide bonds. The lowest BCUT2D eigenvalue weighted by atomic mass is 10.0. The minimum absolute atomic E-state index is 0.121. The Morgan fingerprint density at radius 2 is 1.56 bits per heavy atom. The SMILES string of the molecule is CCCCC(=N/O)/C(=N/NS(=O)(=O)c1ccc(C)cc1)c1ccc(C)cc1. The molecule has 0 spiro atoms. The summed E-state index contributed by atoms with van der Waals surface area (Å²) in [4.78, 5) is 2.39. The van der Waals surface area contributed by atoms with Crippen molar-refractivity contribution >= 4 is 21.4 Å². The molecular weight excluding hydrogens is 362 g/mol. The van der Waals surface area contributed by atoms with Gasteiger partial charge in [0, 0.05) is 5.56 Å². The molecule has 0 aliphatic carbocycles. The Morgan fingerprint density at radius 3 is 2.07 bits per heavy atom. The molecule has 7 heteroatoms. The first-order valence-corrected chi connectivity index (χ1v) is 10.3. The maximum atomic E-state index is 12.5. The van der Waals surface area contributed by atoms with E-state index in [1.807, 2.05) is 45.0 Å². The van der Waals surface area contributed by atoms with Crippen LogP contribution in [0.1, 0.15) is 42.9 Å². The van der Waals surface area contributed by atoms with Gasteiger partial charge in [0.15, 0.2) is 0 Å². The summed E-state index contributed by atoms with van der Waals surface area (Å²) in [6.45, 7) is 5.87. The van der Waals surface area contributed by atoms with E-state index < -0.39 is 10.0 Å². The van der Waals surface area contributed by atoms with Crippen LogP contribution >= 0.6 is 0 Å². The second-order valence-electron chi connectivity index (χ2n) is 6.38. The van der Waals surface area contributed by atoms with E-state index in [1.54, 1.807) is 12.1 Å². The fourth-order valence-electron chi connectivity index (χ4n) is 2.44. The van der Waals surface area contributed by atoms with Crippen molar-refractivity contribution in [2.75, 3.05) is 0 Å². The maximum absolute atomic E-state index is 12.5. The highest BCUT2D eigenvalue weighted by Gasteiger charge is 2.17. The molecule has 0 aromatic heterocycles. The number of nitrogens with zero attached hydrogens (tertiary/aromatic N) is 2. The molecule has 0 bridgehead atoms. The summed E-state index contributed by atoms with van der Waals surface area (Å²) in [6.07, 6.45) is 2.20. The number of hydrogen-bond acceptors (Lipinski definition) is 5. The molecule has 0 aliphatic heterocycles. The van der Waals surface area contributed by atoms with E-state index in [4.69, 9.17) is 0 Å². The summed E-state index contributed by atoms with van der Waals surface area (Å²) in [5, 5.41) is 16.9. The van der Waals surface area contributed by atoms with Crippen molar-refractivity contribution in [3.05, 3.63) is 65.2 Å². The van der Waals surface area contributed by atoms with Gasteiger partial charge in [-0.15, -0.1) is 0 Å². The summed E-state index contributed by atoms with van der Waals surface area (Å²) in [6, 6.07) is 13.9. The van der Waals surface area contributed by atoms with Gasteiger partial charge in [0.25, 0.3) is 10.0 Å². The summed E-state index contributed by atoms with van der Waals surface area (Å²) < 4.78 is 25.1. The van der Waals surface area contributed by atoms with Crippen LogP contribution in [0.2, 0.25) is 0 Å². The smallest absolute Gasteiger partial charge is 0.276 e. The highest BCUT2D eigenvalue weighted by Crippen LogP contribution is 2.12. The van der Waals surface area contributed by atoms with Gasteiger partial charge in [-0.05, 0) is 38.8 Å². The molecule has 0 atom stereocenters. The Bertz CT molecular complexity index is 916. The maximum Gasteiger partial charge on any atom is 0.276 e. The first-order valence-electron chi connectivity index (χ1n) is 8.82. The number of sulfonamides is 1. The average molecular weight is 388 g/mol. The highest BCUT2D eigenvalue weighted by atomic mass is 32.2. The number of aryl methyl sites for hydroxylation is 2. The van der Waals surface area contributed by atoms with Crippen LogP contribution < -0.4 is 4.83 Å². The monoisotopic (exact) mass is 387 g/mol. The number of hydrogen-bond donors (Lipinski definition) is 2. The van der Waals surface area contributed by atoms with Gasteiger partial charge in [-0.3, -0.25) is 0 Å². The van der Waals surface area contributed by atoms with Crippen molar-refractivity contribution in [1.82, 2.24) is 4.83 Å². The minimum atomic E-state index is -3.82. The number of benzene rings is 2. The van der Waals surface area contributed by atoms with Gasteiger partial charge < -0.3 is 5.21 Å². The van der Waals surface area contributed by atoms with Crippen LogP contribution in [0.4, 0.5) is 0 Å². The number of hydrazone groups is 1. The zero-order chi connectivity index (χ0) is 19.9. The molecule has 0 saturated carbocycles. The van der Waals surface area contributed by atoms with Crippen LogP contribution in [0.3, 0.4) is 0 Å². The largest absolute Gasteiger partial charge is 0.411 e. The molecule has 2 rings (SSSR count). The molecule has 0 heterocycles. The predicted octanol–water partition coefficient (Wildman–Crippen LogP) is 4.01. The molecular formula is C20H25N3O3S. The molecule has 2 N–H and O–H groups in total. The average Bonchev–Trinajstić information content (AvgIpc) is 2.65. The van der Waals surface area contributed by atoms with E-state index >= 15 is 0 Å². The van der Waals surface area contributed by atoms with Gasteiger partial charge in [0.1, 0.15) is 11.4 Å². The van der Waals surface area contributed by atoms with Crippen molar-refractivity contribution in [3.63, 3.8) is 0 Å². The topological polar surface area (TPSA) is 91.1 Å². The minimum Gasteiger partial charge on any atom is -0.411 e. The second kappa shape index (κ2) is 9.32. The molecule has 144 valence electrons. The van der Waals surface area contributed by atoms with E-state index in [0.29, 0.717) is 23.4 Å². The predicted molar refractivity (Wildman–Crippen MR) is 108 cm³/mol. The second-order valence-corrected chi connectivity index (χ2v) is 8.05. The molecule has 0 unspecified atom stereocenters. The lowest BCUT2D eigenvalue weighted by Crippen LogP contribution is -2.24. The zero-order valence-electron chi connectivity index (χ0n) is 15.8. The molecule has 0 aliphatic rings. The third kappa shape index (κ3) is 5.65. The molecule has 2 aromatic rings. The van der Waals surface area contributed by atoms with Crippen LogP contribution in [0, 0.1) is 13.8 Å². The number of unbranched alkanes of at least 4 members (excludes halogenated alkanes) is 1. The van der Waals surface area contributed by atoms with Crippen LogP contribution in [0.15, 0.2) is 63.7 Å². The number of oxime groups is 1. The Morgan fingerprint density at radius 1 is 1.00 bits per heavy atom. The standard InChI is InChI=1S/C20H25N3O3S/c1-4-5-6-19(22-24)20(17-11-7-15(2)8-12-17)21-23-27(25,26)18-13-9-16(3)10-14-18/h7-14,23-24H,4-6H2,1-3H3/b21-20+,22-19-. The third-order valence-corrected chi connectivity index (χ3v) is 5.32. The van der Waals surface area contributed by atoms with Crippen molar-refractivity contribution in [1.29, 1.82) is 0 Å². The fraction of sp³-hybridized carbons (Fsp3) is 0.300. The molecule has 2 aromatic carbocycles. The molecule has 0 saturated heterocycles. The summed E-state index contributed by atoms with van der Waals surface area (Å²) in [5.74, 6) is 0. The van der Waals surface area contributed by atoms with Crippen LogP contribution in [0.25, 0.3) is 0 Å². The van der Waals surface area contributed by atoms with Gasteiger partial charge in [-0.1, -0.05) is 66.0 Å². The van der Waals surface area contributed by atoms with Crippen molar-refractivity contribution in [2.45, 2.75) is 44.9 Å². The van der Waals surface area contributed by atoms with E-state index in [0.717, 1.165) is 24.0 Å². The number of rotatable bonds is 8. The third-order valence-electron chi connectivity index (χ3n) is 4.10. The quantitative estimate of drug-likeness (QED) is 0.407. The zero-order valence-corrected chi connectivity index (χ0v) is 16.6. The van der Waals surface area contributed by atoms with Gasteiger partial charge in [-0.25, -0.2) is 0 Å².